The summed E-state index contributed by atoms with van der Waals surface area (Å²) < 4.78 is 0. The van der Waals surface area contributed by atoms with Crippen LogP contribution in [0.3, 0.4) is 0 Å². The van der Waals surface area contributed by atoms with Crippen LogP contribution in [-0.4, -0.2) is 52.2 Å². The van der Waals surface area contributed by atoms with Gasteiger partial charge < -0.3 is 10.2 Å². The zero-order valence-corrected chi connectivity index (χ0v) is 25.8. The monoisotopic (exact) mass is 572 g/mol. The van der Waals surface area contributed by atoms with Crippen LogP contribution in [0.4, 0.5) is 0 Å². The Morgan fingerprint density at radius 3 is 1.83 bits per heavy atom. The largest absolute Gasteiger partial charge is 0.340 e. The van der Waals surface area contributed by atoms with E-state index in [0.717, 1.165) is 49.9 Å². The fourth-order valence-electron chi connectivity index (χ4n) is 5.09. The van der Waals surface area contributed by atoms with Crippen molar-refractivity contribution in [2.75, 3.05) is 26.2 Å². The van der Waals surface area contributed by atoms with Gasteiger partial charge in [0.05, 0.1) is 5.41 Å². The van der Waals surface area contributed by atoms with Crippen LogP contribution < -0.4 is 5.32 Å². The predicted octanol–water partition coefficient (Wildman–Crippen LogP) is 5.17. The molecule has 41 heavy (non-hydrogen) atoms. The third kappa shape index (κ3) is 7.97. The number of amides is 1. The summed E-state index contributed by atoms with van der Waals surface area (Å²) in [5.41, 5.74) is 1.37. The quantitative estimate of drug-likeness (QED) is 0.348. The number of hydrogen-bond donors (Lipinski definition) is 1. The number of aromatic nitrogens is 2. The van der Waals surface area contributed by atoms with Crippen LogP contribution in [0.1, 0.15) is 65.8 Å². The summed E-state index contributed by atoms with van der Waals surface area (Å²) in [7, 11) is 0. The fraction of sp³-hybridized carbons (Fsp3) is 0.529. The molecule has 2 aliphatic heterocycles. The van der Waals surface area contributed by atoms with Gasteiger partial charge in [0.2, 0.25) is 11.1 Å². The molecule has 2 aliphatic carbocycles. The Morgan fingerprint density at radius 2 is 1.41 bits per heavy atom. The minimum absolute atomic E-state index is 0.0401. The Labute approximate surface area is 250 Å². The Kier molecular flexibility index (Phi) is 8.98. The van der Waals surface area contributed by atoms with Crippen LogP contribution in [-0.2, 0) is 9.59 Å². The molecule has 1 N–H and O–H groups in total. The second-order valence-electron chi connectivity index (χ2n) is 13.6. The normalized spacial score (nSPS) is 26.7. The highest BCUT2D eigenvalue weighted by Gasteiger charge is 2.60. The van der Waals surface area contributed by atoms with Gasteiger partial charge in [0.25, 0.3) is 0 Å². The number of nitrogens with one attached hydrogen (secondary N) is 1. The number of carbonyl (C=O) groups is 2. The van der Waals surface area contributed by atoms with Crippen molar-refractivity contribution in [3.05, 3.63) is 60.2 Å². The molecule has 2 saturated carbocycles. The molecule has 4 fully saturated rings. The first-order chi connectivity index (χ1) is 19.2. The lowest BCUT2D eigenvalue weighted by Gasteiger charge is -2.27. The highest BCUT2D eigenvalue weighted by Crippen LogP contribution is 2.57. The molecule has 216 valence electrons. The van der Waals surface area contributed by atoms with E-state index in [2.05, 4.69) is 39.0 Å². The van der Waals surface area contributed by atoms with Gasteiger partial charge in [-0.15, -0.1) is 0 Å². The van der Waals surface area contributed by atoms with E-state index in [4.69, 9.17) is 11.6 Å². The minimum Gasteiger partial charge on any atom is -0.340 e. The Hall–Kier alpha value is -3.19. The number of pyridine rings is 2. The first-order valence-electron chi connectivity index (χ1n) is 14.3. The maximum absolute atomic E-state index is 12.3. The van der Waals surface area contributed by atoms with E-state index in [9.17, 15) is 9.59 Å². The van der Waals surface area contributed by atoms with E-state index in [1.807, 2.05) is 62.1 Å². The summed E-state index contributed by atoms with van der Waals surface area (Å²) in [6.45, 7) is 15.1. The van der Waals surface area contributed by atoms with Gasteiger partial charge in [0.15, 0.2) is 0 Å². The summed E-state index contributed by atoms with van der Waals surface area (Å²) >= 11 is 5.11. The molecule has 4 atom stereocenters. The van der Waals surface area contributed by atoms with Gasteiger partial charge in [-0.1, -0.05) is 65.5 Å². The number of likely N-dealkylation sites (tertiary alicyclic amines) is 1. The third-order valence-corrected chi connectivity index (χ3v) is 8.50. The lowest BCUT2D eigenvalue weighted by molar-refractivity contribution is -0.139. The SMILES string of the molecule is C(#CC12CNCC1C2)c1ccccn1.CC(C)(C)C(=O)Cl.CC(C)(C)C(=O)N1CC2CC2(C#Cc2ccccn2)C1. The molecule has 6 nitrogen and oxygen atoms in total. The number of fused-ring (bicyclic) bond motifs is 2. The van der Waals surface area contributed by atoms with Crippen LogP contribution >= 0.6 is 11.6 Å². The van der Waals surface area contributed by atoms with Crippen LogP contribution in [0, 0.1) is 57.2 Å². The van der Waals surface area contributed by atoms with Gasteiger partial charge in [0, 0.05) is 48.3 Å². The van der Waals surface area contributed by atoms with Crippen molar-refractivity contribution in [3.63, 3.8) is 0 Å². The molecule has 0 spiro atoms. The van der Waals surface area contributed by atoms with E-state index >= 15 is 0 Å². The van der Waals surface area contributed by atoms with Crippen molar-refractivity contribution in [3.8, 4) is 23.7 Å². The Balaban J connectivity index is 0.000000160. The smallest absolute Gasteiger partial charge is 0.228 e. The maximum Gasteiger partial charge on any atom is 0.228 e. The average molecular weight is 573 g/mol. The molecule has 2 aromatic rings. The van der Waals surface area contributed by atoms with Crippen molar-refractivity contribution in [1.29, 1.82) is 0 Å². The van der Waals surface area contributed by atoms with E-state index in [1.165, 1.54) is 6.42 Å². The van der Waals surface area contributed by atoms with Crippen LogP contribution in [0.15, 0.2) is 48.8 Å². The topological polar surface area (TPSA) is 75.2 Å². The van der Waals surface area contributed by atoms with Gasteiger partial charge >= 0.3 is 0 Å². The van der Waals surface area contributed by atoms with Gasteiger partial charge in [-0.05, 0) is 78.9 Å². The average Bonchev–Trinajstić information content (AvgIpc) is 3.71. The Bertz CT molecular complexity index is 1370. The molecular formula is C34H41ClN4O2. The molecule has 0 radical (unpaired) electrons. The number of carbonyl (C=O) groups excluding carboxylic acids is 2. The van der Waals surface area contributed by atoms with Gasteiger partial charge in [0.1, 0.15) is 11.4 Å². The molecule has 0 aromatic carbocycles. The first-order valence-corrected chi connectivity index (χ1v) is 14.7. The molecular weight excluding hydrogens is 532 g/mol. The molecule has 7 heteroatoms. The van der Waals surface area contributed by atoms with Gasteiger partial charge in [-0.25, -0.2) is 9.97 Å². The summed E-state index contributed by atoms with van der Waals surface area (Å²) in [6.07, 6.45) is 5.95. The van der Waals surface area contributed by atoms with E-state index in [0.29, 0.717) is 11.3 Å². The van der Waals surface area contributed by atoms with Gasteiger partial charge in [-0.3, -0.25) is 9.59 Å². The number of hydrogen-bond acceptors (Lipinski definition) is 5. The first kappa shape index (κ1) is 30.8. The fourth-order valence-corrected chi connectivity index (χ4v) is 5.09. The summed E-state index contributed by atoms with van der Waals surface area (Å²) in [6, 6.07) is 11.6. The standard InChI is InChI=1S/C17H20N2O.C12H12N2.C5H9ClO/c1-16(2,3)15(20)19-11-13-10-17(13,12-19)8-7-14-6-4-5-9-18-14;1-2-6-14-11(3-1)4-5-12-7-10(12)8-13-9-12;1-5(2,3)4(6)7/h4-6,9,13H,10-12H2,1-3H3;1-3,6,10,13H,7-9H2;1-3H3. The molecule has 6 rings (SSSR count). The second kappa shape index (κ2) is 12.0. The minimum atomic E-state index is -0.373. The van der Waals surface area contributed by atoms with Crippen molar-refractivity contribution in [2.24, 2.45) is 33.5 Å². The molecule has 2 aromatic heterocycles. The second-order valence-corrected chi connectivity index (χ2v) is 14.0. The summed E-state index contributed by atoms with van der Waals surface area (Å²) in [5, 5.41) is 3.09. The predicted molar refractivity (Wildman–Crippen MR) is 163 cm³/mol. The van der Waals surface area contributed by atoms with Crippen molar-refractivity contribution in [1.82, 2.24) is 20.2 Å². The third-order valence-electron chi connectivity index (χ3n) is 7.94. The van der Waals surface area contributed by atoms with Crippen molar-refractivity contribution in [2.45, 2.75) is 54.4 Å². The van der Waals surface area contributed by atoms with Crippen LogP contribution in [0.5, 0.6) is 0 Å². The van der Waals surface area contributed by atoms with Crippen LogP contribution in [0.2, 0.25) is 0 Å². The van der Waals surface area contributed by atoms with E-state index in [1.54, 1.807) is 33.2 Å². The zero-order valence-electron chi connectivity index (χ0n) is 25.1. The summed E-state index contributed by atoms with van der Waals surface area (Å²) in [5.74, 6) is 14.7. The van der Waals surface area contributed by atoms with Gasteiger partial charge in [-0.2, -0.15) is 0 Å². The van der Waals surface area contributed by atoms with Crippen LogP contribution in [0.25, 0.3) is 0 Å². The molecule has 4 heterocycles. The molecule has 0 bridgehead atoms. The number of nitrogens with zero attached hydrogens (tertiary/aromatic N) is 3. The number of piperidine rings is 2. The highest BCUT2D eigenvalue weighted by molar-refractivity contribution is 6.64. The lowest BCUT2D eigenvalue weighted by atomic mass is 9.94. The lowest BCUT2D eigenvalue weighted by Crippen LogP contribution is -2.39. The highest BCUT2D eigenvalue weighted by atomic mass is 35.5. The molecule has 1 amide bonds. The van der Waals surface area contributed by atoms with E-state index < -0.39 is 0 Å². The molecule has 4 unspecified atom stereocenters. The zero-order chi connectivity index (χ0) is 29.9. The number of halogens is 1. The Morgan fingerprint density at radius 1 is 0.878 bits per heavy atom. The summed E-state index contributed by atoms with van der Waals surface area (Å²) in [4.78, 5) is 33.0. The maximum atomic E-state index is 12.3. The van der Waals surface area contributed by atoms with E-state index in [-0.39, 0.29) is 27.4 Å². The molecule has 2 saturated heterocycles. The van der Waals surface area contributed by atoms with Crippen molar-refractivity contribution < 1.29 is 9.59 Å². The number of rotatable bonds is 0. The molecule has 4 aliphatic rings. The van der Waals surface area contributed by atoms with Crippen molar-refractivity contribution >= 4 is 22.8 Å².